The van der Waals surface area contributed by atoms with E-state index in [1.54, 1.807) is 16.9 Å². The van der Waals surface area contributed by atoms with Gasteiger partial charge in [0.2, 0.25) is 5.88 Å². The molecule has 4 aromatic heterocycles. The van der Waals surface area contributed by atoms with E-state index in [0.717, 1.165) is 37.6 Å². The maximum absolute atomic E-state index is 13.2. The number of carbonyl (C=O) groups excluding carboxylic acids is 1. The first-order chi connectivity index (χ1) is 18.3. The molecule has 0 fully saturated rings. The van der Waals surface area contributed by atoms with E-state index in [-0.39, 0.29) is 11.4 Å². The Balaban J connectivity index is 1.36. The van der Waals surface area contributed by atoms with Gasteiger partial charge in [-0.3, -0.25) is 4.79 Å². The quantitative estimate of drug-likeness (QED) is 0.358. The number of likely N-dealkylation sites (N-methyl/N-ethyl adjacent to an activating group) is 2. The molecule has 5 rings (SSSR count). The number of ether oxygens (including phenoxy) is 1. The second kappa shape index (κ2) is 10.6. The molecule has 12 nitrogen and oxygen atoms in total. The Hall–Kier alpha value is -4.32. The van der Waals surface area contributed by atoms with E-state index in [4.69, 9.17) is 9.72 Å². The number of hydrogen-bond donors (Lipinski definition) is 1. The number of anilines is 2. The summed E-state index contributed by atoms with van der Waals surface area (Å²) in [4.78, 5) is 26.8. The lowest BCUT2D eigenvalue weighted by molar-refractivity contribution is 0.102. The van der Waals surface area contributed by atoms with E-state index >= 15 is 0 Å². The number of methoxy groups -OCH3 is 1. The van der Waals surface area contributed by atoms with Crippen LogP contribution >= 0.6 is 0 Å². The highest BCUT2D eigenvalue weighted by molar-refractivity contribution is 6.05. The fourth-order valence-corrected chi connectivity index (χ4v) is 4.41. The van der Waals surface area contributed by atoms with Gasteiger partial charge < -0.3 is 24.4 Å². The molecule has 38 heavy (non-hydrogen) atoms. The summed E-state index contributed by atoms with van der Waals surface area (Å²) in [5.41, 5.74) is 0.919. The zero-order chi connectivity index (χ0) is 26.8. The van der Waals surface area contributed by atoms with Gasteiger partial charge in [0.15, 0.2) is 11.6 Å². The van der Waals surface area contributed by atoms with E-state index in [0.29, 0.717) is 29.2 Å². The number of amides is 1. The predicted octanol–water partition coefficient (Wildman–Crippen LogP) is 2.69. The van der Waals surface area contributed by atoms with Crippen molar-refractivity contribution in [1.29, 1.82) is 0 Å². The van der Waals surface area contributed by atoms with Crippen LogP contribution < -0.4 is 15.0 Å². The molecule has 5 heterocycles. The highest BCUT2D eigenvalue weighted by Gasteiger charge is 2.25. The summed E-state index contributed by atoms with van der Waals surface area (Å²) in [6, 6.07) is 11.4. The third-order valence-electron chi connectivity index (χ3n) is 6.56. The molecule has 0 aliphatic carbocycles. The normalized spacial score (nSPS) is 14.5. The summed E-state index contributed by atoms with van der Waals surface area (Å²) in [5.74, 6) is 3.24. The third-order valence-corrected chi connectivity index (χ3v) is 6.56. The predicted molar refractivity (Wildman–Crippen MR) is 144 cm³/mol. The Labute approximate surface area is 221 Å². The fourth-order valence-electron chi connectivity index (χ4n) is 4.41. The van der Waals surface area contributed by atoms with Crippen molar-refractivity contribution < 1.29 is 9.53 Å². The Kier molecular flexibility index (Phi) is 7.05. The average Bonchev–Trinajstić information content (AvgIpc) is 3.64. The van der Waals surface area contributed by atoms with Crippen molar-refractivity contribution in [1.82, 2.24) is 39.4 Å². The van der Waals surface area contributed by atoms with Crippen molar-refractivity contribution >= 4 is 17.5 Å². The minimum atomic E-state index is -0.392. The molecule has 1 amide bonds. The largest absolute Gasteiger partial charge is 0.479 e. The Morgan fingerprint density at radius 3 is 2.71 bits per heavy atom. The van der Waals surface area contributed by atoms with Gasteiger partial charge in [-0.2, -0.15) is 0 Å². The van der Waals surface area contributed by atoms with Gasteiger partial charge in [-0.15, -0.1) is 15.3 Å². The van der Waals surface area contributed by atoms with Crippen LogP contribution in [-0.2, 0) is 6.42 Å². The van der Waals surface area contributed by atoms with Crippen molar-refractivity contribution in [3.05, 3.63) is 54.0 Å². The number of rotatable bonds is 9. The summed E-state index contributed by atoms with van der Waals surface area (Å²) in [7, 11) is 7.54. The maximum atomic E-state index is 13.2. The van der Waals surface area contributed by atoms with E-state index in [9.17, 15) is 4.79 Å². The third kappa shape index (κ3) is 5.07. The molecule has 1 aliphatic heterocycles. The van der Waals surface area contributed by atoms with Crippen molar-refractivity contribution in [2.45, 2.75) is 25.8 Å². The zero-order valence-corrected chi connectivity index (χ0v) is 22.3. The number of aryl methyl sites for hydroxylation is 1. The molecule has 1 N–H and O–H groups in total. The van der Waals surface area contributed by atoms with Crippen LogP contribution in [-0.4, -0.2) is 86.7 Å². The van der Waals surface area contributed by atoms with E-state index < -0.39 is 5.91 Å². The van der Waals surface area contributed by atoms with Gasteiger partial charge in [0, 0.05) is 38.8 Å². The van der Waals surface area contributed by atoms with Crippen LogP contribution in [0.25, 0.3) is 17.3 Å². The molecule has 198 valence electrons. The Bertz CT molecular complexity index is 1440. The van der Waals surface area contributed by atoms with Gasteiger partial charge in [-0.25, -0.2) is 14.6 Å². The minimum Gasteiger partial charge on any atom is -0.479 e. The standard InChI is InChI=1S/C26H32N10O2/c1-17-12-13-23-30-31-24(36(17)23)19-8-6-9-20(27-19)28-25(37)18-16-35(32-26(18)38-5)22-11-7-10-21(29-22)34(4)15-14-33(2)3/h6-11,16-17H,12-15H2,1-5H3,(H,27,28,37)/t17-/m0/s1. The molecule has 0 aromatic carbocycles. The molecule has 4 aromatic rings. The van der Waals surface area contributed by atoms with Crippen molar-refractivity contribution in [2.75, 3.05) is 51.6 Å². The topological polar surface area (TPSA) is 119 Å². The number of pyridine rings is 2. The fraction of sp³-hybridized carbons (Fsp3) is 0.385. The molecule has 12 heteroatoms. The summed E-state index contributed by atoms with van der Waals surface area (Å²) in [6.07, 6.45) is 3.54. The van der Waals surface area contributed by atoms with Crippen molar-refractivity contribution in [3.8, 4) is 23.2 Å². The van der Waals surface area contributed by atoms with E-state index in [2.05, 4.69) is 46.9 Å². The first-order valence-electron chi connectivity index (χ1n) is 12.5. The van der Waals surface area contributed by atoms with Gasteiger partial charge in [-0.1, -0.05) is 12.1 Å². The smallest absolute Gasteiger partial charge is 0.263 e. The minimum absolute atomic E-state index is 0.191. The SMILES string of the molecule is COc1nn(-c2cccc(N(C)CCN(C)C)n2)cc1C(=O)Nc1cccc(-c2nnc3n2[C@@H](C)CC3)n1. The molecular formula is C26H32N10O2. The molecule has 0 bridgehead atoms. The lowest BCUT2D eigenvalue weighted by Gasteiger charge is -2.20. The second-order valence-electron chi connectivity index (χ2n) is 9.64. The lowest BCUT2D eigenvalue weighted by atomic mass is 10.2. The maximum Gasteiger partial charge on any atom is 0.263 e. The zero-order valence-electron chi connectivity index (χ0n) is 22.3. The lowest BCUT2D eigenvalue weighted by Crippen LogP contribution is -2.29. The molecule has 0 radical (unpaired) electrons. The van der Waals surface area contributed by atoms with Crippen LogP contribution in [0.2, 0.25) is 0 Å². The highest BCUT2D eigenvalue weighted by Crippen LogP contribution is 2.30. The van der Waals surface area contributed by atoms with Crippen molar-refractivity contribution in [2.24, 2.45) is 0 Å². The summed E-state index contributed by atoms with van der Waals surface area (Å²) in [6.45, 7) is 3.86. The number of fused-ring (bicyclic) bond motifs is 1. The van der Waals surface area contributed by atoms with Crippen LogP contribution in [0.4, 0.5) is 11.6 Å². The highest BCUT2D eigenvalue weighted by atomic mass is 16.5. The van der Waals surface area contributed by atoms with Crippen LogP contribution in [0.5, 0.6) is 5.88 Å². The number of carbonyl (C=O) groups is 1. The Morgan fingerprint density at radius 1 is 1.11 bits per heavy atom. The first-order valence-corrected chi connectivity index (χ1v) is 12.5. The molecule has 1 aliphatic rings. The molecule has 1 atom stereocenters. The first kappa shape index (κ1) is 25.3. The summed E-state index contributed by atoms with van der Waals surface area (Å²) in [5, 5.41) is 15.9. The number of nitrogens with one attached hydrogen (secondary N) is 1. The van der Waals surface area contributed by atoms with Crippen molar-refractivity contribution in [3.63, 3.8) is 0 Å². The molecule has 0 spiro atoms. The van der Waals surface area contributed by atoms with Crippen LogP contribution in [0.1, 0.15) is 35.6 Å². The van der Waals surface area contributed by atoms with E-state index in [1.807, 2.05) is 51.5 Å². The van der Waals surface area contributed by atoms with Gasteiger partial charge in [0.1, 0.15) is 28.7 Å². The number of hydrogen-bond acceptors (Lipinski definition) is 9. The second-order valence-corrected chi connectivity index (χ2v) is 9.64. The van der Waals surface area contributed by atoms with Crippen LogP contribution in [0, 0.1) is 0 Å². The number of nitrogens with zero attached hydrogens (tertiary/aromatic N) is 9. The molecule has 0 unspecified atom stereocenters. The number of aromatic nitrogens is 7. The van der Waals surface area contributed by atoms with E-state index in [1.165, 1.54) is 7.11 Å². The average molecular weight is 517 g/mol. The molecular weight excluding hydrogens is 484 g/mol. The van der Waals surface area contributed by atoms with Gasteiger partial charge in [0.25, 0.3) is 5.91 Å². The summed E-state index contributed by atoms with van der Waals surface area (Å²) >= 11 is 0. The monoisotopic (exact) mass is 516 g/mol. The van der Waals surface area contributed by atoms with Crippen LogP contribution in [0.15, 0.2) is 42.6 Å². The summed E-state index contributed by atoms with van der Waals surface area (Å²) < 4.78 is 9.07. The Morgan fingerprint density at radius 2 is 1.92 bits per heavy atom. The van der Waals surface area contributed by atoms with Crippen LogP contribution in [0.3, 0.4) is 0 Å². The molecule has 0 saturated heterocycles. The molecule has 0 saturated carbocycles. The van der Waals surface area contributed by atoms with Gasteiger partial charge in [0.05, 0.1) is 7.11 Å². The van der Waals surface area contributed by atoms with Gasteiger partial charge >= 0.3 is 0 Å². The van der Waals surface area contributed by atoms with Gasteiger partial charge in [-0.05, 0) is 51.7 Å².